The number of carbonyl (C=O) groups excluding carboxylic acids is 3. The van der Waals surface area contributed by atoms with Crippen molar-refractivity contribution in [3.63, 3.8) is 0 Å². The van der Waals surface area contributed by atoms with Gasteiger partial charge >= 0.3 is 12.1 Å². The third kappa shape index (κ3) is 5.87. The van der Waals surface area contributed by atoms with Crippen molar-refractivity contribution in [1.82, 2.24) is 15.5 Å². The molecule has 2 aromatic carbocycles. The number of anilines is 2. The summed E-state index contributed by atoms with van der Waals surface area (Å²) >= 11 is 0. The molecule has 0 radical (unpaired) electrons. The van der Waals surface area contributed by atoms with Crippen molar-refractivity contribution < 1.29 is 14.4 Å². The van der Waals surface area contributed by atoms with Gasteiger partial charge in [0.05, 0.1) is 6.04 Å². The maximum atomic E-state index is 13.2. The van der Waals surface area contributed by atoms with Crippen molar-refractivity contribution in [3.05, 3.63) is 60.2 Å². The highest BCUT2D eigenvalue weighted by atomic mass is 16.2. The second-order valence-electron chi connectivity index (χ2n) is 9.02. The molecule has 0 bridgehead atoms. The maximum Gasteiger partial charge on any atom is 0.319 e. The molecule has 2 aromatic rings. The van der Waals surface area contributed by atoms with Crippen LogP contribution in [-0.2, 0) is 4.79 Å². The predicted molar refractivity (Wildman–Crippen MR) is 133 cm³/mol. The summed E-state index contributed by atoms with van der Waals surface area (Å²) in [5, 5.41) is 8.66. The fraction of sp³-hybridized carbons (Fsp3) is 0.423. The largest absolute Gasteiger partial charge is 0.336 e. The Morgan fingerprint density at radius 1 is 0.971 bits per heavy atom. The van der Waals surface area contributed by atoms with Crippen molar-refractivity contribution in [1.29, 1.82) is 0 Å². The number of piperidine rings is 2. The molecule has 8 nitrogen and oxygen atoms in total. The lowest BCUT2D eigenvalue weighted by molar-refractivity contribution is -0.121. The van der Waals surface area contributed by atoms with E-state index < -0.39 is 6.04 Å². The maximum absolute atomic E-state index is 13.2. The molecule has 2 heterocycles. The quantitative estimate of drug-likeness (QED) is 0.628. The number of aryl methyl sites for hydroxylation is 1. The van der Waals surface area contributed by atoms with Gasteiger partial charge in [-0.2, -0.15) is 0 Å². The van der Waals surface area contributed by atoms with E-state index in [2.05, 4.69) is 16.0 Å². The van der Waals surface area contributed by atoms with Gasteiger partial charge in [-0.05, 0) is 68.9 Å². The van der Waals surface area contributed by atoms with Gasteiger partial charge < -0.3 is 25.8 Å². The van der Waals surface area contributed by atoms with Crippen LogP contribution in [0.2, 0.25) is 0 Å². The molecular weight excluding hydrogens is 430 g/mol. The van der Waals surface area contributed by atoms with Crippen molar-refractivity contribution >= 4 is 29.3 Å². The summed E-state index contributed by atoms with van der Waals surface area (Å²) in [6.45, 7) is 3.63. The van der Waals surface area contributed by atoms with Crippen LogP contribution in [0.25, 0.3) is 0 Å². The Morgan fingerprint density at radius 2 is 1.79 bits per heavy atom. The molecule has 2 atom stereocenters. The molecule has 2 aliphatic rings. The van der Waals surface area contributed by atoms with Crippen LogP contribution in [0.3, 0.4) is 0 Å². The molecule has 34 heavy (non-hydrogen) atoms. The zero-order chi connectivity index (χ0) is 23.9. The highest BCUT2D eigenvalue weighted by Gasteiger charge is 2.34. The number of carbonyl (C=O) groups is 3. The Bertz CT molecular complexity index is 1010. The van der Waals surface area contributed by atoms with Crippen LogP contribution in [0.15, 0.2) is 54.6 Å². The number of amides is 5. The van der Waals surface area contributed by atoms with E-state index in [1.54, 1.807) is 9.80 Å². The van der Waals surface area contributed by atoms with Gasteiger partial charge in [-0.15, -0.1) is 0 Å². The zero-order valence-corrected chi connectivity index (χ0v) is 19.6. The SMILES string of the molecule is Cc1cccc(N2CCCC(NC(=O)N3CCCCC3CNC(=O)Nc3ccccc3)C2=O)c1. The lowest BCUT2D eigenvalue weighted by Gasteiger charge is -2.38. The lowest BCUT2D eigenvalue weighted by atomic mass is 10.0. The summed E-state index contributed by atoms with van der Waals surface area (Å²) in [7, 11) is 0. The summed E-state index contributed by atoms with van der Waals surface area (Å²) in [5.41, 5.74) is 2.68. The molecule has 2 aliphatic heterocycles. The number of nitrogens with zero attached hydrogens (tertiary/aromatic N) is 2. The minimum atomic E-state index is -0.543. The monoisotopic (exact) mass is 463 g/mol. The fourth-order valence-electron chi connectivity index (χ4n) is 4.68. The van der Waals surface area contributed by atoms with E-state index >= 15 is 0 Å². The highest BCUT2D eigenvalue weighted by molar-refractivity contribution is 5.99. The van der Waals surface area contributed by atoms with Crippen LogP contribution < -0.4 is 20.9 Å². The van der Waals surface area contributed by atoms with Crippen LogP contribution in [0, 0.1) is 6.92 Å². The van der Waals surface area contributed by atoms with Crippen LogP contribution in [0.4, 0.5) is 21.0 Å². The van der Waals surface area contributed by atoms with Crippen LogP contribution >= 0.6 is 0 Å². The second kappa shape index (κ2) is 11.0. The molecule has 0 spiro atoms. The fourth-order valence-corrected chi connectivity index (χ4v) is 4.68. The number of hydrogen-bond acceptors (Lipinski definition) is 3. The van der Waals surface area contributed by atoms with Gasteiger partial charge in [0.15, 0.2) is 0 Å². The van der Waals surface area contributed by atoms with Crippen LogP contribution in [0.1, 0.15) is 37.7 Å². The van der Waals surface area contributed by atoms with Gasteiger partial charge in [0.1, 0.15) is 6.04 Å². The summed E-state index contributed by atoms with van der Waals surface area (Å²) in [6.07, 6.45) is 4.18. The molecular formula is C26H33N5O3. The summed E-state index contributed by atoms with van der Waals surface area (Å²) in [6, 6.07) is 15.9. The Labute approximate surface area is 200 Å². The van der Waals surface area contributed by atoms with E-state index in [-0.39, 0.29) is 24.0 Å². The van der Waals surface area contributed by atoms with E-state index in [1.807, 2.05) is 61.5 Å². The Balaban J connectivity index is 1.34. The third-order valence-corrected chi connectivity index (χ3v) is 6.47. The van der Waals surface area contributed by atoms with Crippen LogP contribution in [0.5, 0.6) is 0 Å². The van der Waals surface area contributed by atoms with E-state index in [9.17, 15) is 14.4 Å². The van der Waals surface area contributed by atoms with E-state index in [0.29, 0.717) is 31.7 Å². The Hall–Kier alpha value is -3.55. The molecule has 2 unspecified atom stereocenters. The average Bonchev–Trinajstić information content (AvgIpc) is 2.85. The number of nitrogens with one attached hydrogen (secondary N) is 3. The molecule has 0 aromatic heterocycles. The molecule has 0 aliphatic carbocycles. The highest BCUT2D eigenvalue weighted by Crippen LogP contribution is 2.23. The first-order valence-electron chi connectivity index (χ1n) is 12.1. The predicted octanol–water partition coefficient (Wildman–Crippen LogP) is 3.88. The molecule has 5 amide bonds. The first-order valence-corrected chi connectivity index (χ1v) is 12.1. The molecule has 4 rings (SSSR count). The van der Waals surface area contributed by atoms with Crippen molar-refractivity contribution in [2.45, 2.75) is 51.1 Å². The van der Waals surface area contributed by atoms with Crippen molar-refractivity contribution in [3.8, 4) is 0 Å². The number of para-hydroxylation sites is 1. The summed E-state index contributed by atoms with van der Waals surface area (Å²) < 4.78 is 0. The van der Waals surface area contributed by atoms with E-state index in [0.717, 1.165) is 36.9 Å². The summed E-state index contributed by atoms with van der Waals surface area (Å²) in [4.78, 5) is 42.2. The smallest absolute Gasteiger partial charge is 0.319 e. The standard InChI is InChI=1S/C26H33N5O3/c1-19-9-7-13-21(17-19)30-16-8-14-23(24(30)32)29-26(34)31-15-6-5-12-22(31)18-27-25(33)28-20-10-3-2-4-11-20/h2-4,7,9-11,13,17,22-23H,5-6,8,12,14-16,18H2,1H3,(H,29,34)(H2,27,28,33). The molecule has 2 saturated heterocycles. The number of urea groups is 2. The number of rotatable bonds is 5. The Morgan fingerprint density at radius 3 is 2.59 bits per heavy atom. The molecule has 8 heteroatoms. The molecule has 0 saturated carbocycles. The van der Waals surface area contributed by atoms with Gasteiger partial charge in [-0.3, -0.25) is 4.79 Å². The van der Waals surface area contributed by atoms with Gasteiger partial charge in [-0.1, -0.05) is 30.3 Å². The zero-order valence-electron chi connectivity index (χ0n) is 19.6. The molecule has 3 N–H and O–H groups in total. The number of hydrogen-bond donors (Lipinski definition) is 3. The third-order valence-electron chi connectivity index (χ3n) is 6.47. The van der Waals surface area contributed by atoms with Crippen LogP contribution in [-0.4, -0.2) is 54.6 Å². The number of benzene rings is 2. The second-order valence-corrected chi connectivity index (χ2v) is 9.02. The Kier molecular flexibility index (Phi) is 7.67. The normalized spacial score (nSPS) is 20.6. The van der Waals surface area contributed by atoms with Crippen molar-refractivity contribution in [2.24, 2.45) is 0 Å². The van der Waals surface area contributed by atoms with Gasteiger partial charge in [-0.25, -0.2) is 9.59 Å². The van der Waals surface area contributed by atoms with Gasteiger partial charge in [0.2, 0.25) is 5.91 Å². The summed E-state index contributed by atoms with van der Waals surface area (Å²) in [5.74, 6) is -0.0703. The van der Waals surface area contributed by atoms with Crippen molar-refractivity contribution in [2.75, 3.05) is 29.9 Å². The first kappa shape index (κ1) is 23.6. The van der Waals surface area contributed by atoms with E-state index in [4.69, 9.17) is 0 Å². The van der Waals surface area contributed by atoms with E-state index in [1.165, 1.54) is 0 Å². The molecule has 2 fully saturated rings. The van der Waals surface area contributed by atoms with Gasteiger partial charge in [0, 0.05) is 31.0 Å². The average molecular weight is 464 g/mol. The lowest BCUT2D eigenvalue weighted by Crippen LogP contribution is -2.58. The van der Waals surface area contributed by atoms with Gasteiger partial charge in [0.25, 0.3) is 0 Å². The molecule has 180 valence electrons. The first-order chi connectivity index (χ1) is 16.5. The topological polar surface area (TPSA) is 93.8 Å². The minimum absolute atomic E-state index is 0.0703. The minimum Gasteiger partial charge on any atom is -0.336 e. The number of likely N-dealkylation sites (tertiary alicyclic amines) is 1.